The number of hydrogen-bond donors (Lipinski definition) is 2. The summed E-state index contributed by atoms with van der Waals surface area (Å²) in [5, 5.41) is 2.64. The number of nitrogens with one attached hydrogen (secondary N) is 2. The molecule has 7 nitrogen and oxygen atoms in total. The Bertz CT molecular complexity index is 1250. The van der Waals surface area contributed by atoms with Gasteiger partial charge in [0, 0.05) is 17.8 Å². The van der Waals surface area contributed by atoms with Gasteiger partial charge in [0.25, 0.3) is 15.9 Å². The molecule has 0 saturated carbocycles. The largest absolute Gasteiger partial charge is 0.454 e. The first-order chi connectivity index (χ1) is 14.3. The van der Waals surface area contributed by atoms with Gasteiger partial charge in [0.1, 0.15) is 16.5 Å². The fraction of sp³-hybridized carbons (Fsp3) is 0.0500. The quantitative estimate of drug-likeness (QED) is 0.641. The highest BCUT2D eigenvalue weighted by molar-refractivity contribution is 7.92. The number of halogens is 2. The number of para-hydroxylation sites is 1. The minimum Gasteiger partial charge on any atom is -0.454 e. The minimum atomic E-state index is -4.41. The topological polar surface area (TPSA) is 93.7 Å². The molecule has 2 N–H and O–H groups in total. The van der Waals surface area contributed by atoms with E-state index in [0.717, 1.165) is 12.1 Å². The molecule has 30 heavy (non-hydrogen) atoms. The molecule has 10 heteroatoms. The number of sulfonamides is 1. The number of benzene rings is 3. The third kappa shape index (κ3) is 3.90. The number of fused-ring (bicyclic) bond motifs is 1. The van der Waals surface area contributed by atoms with Crippen LogP contribution in [0.15, 0.2) is 65.6 Å². The monoisotopic (exact) mass is 432 g/mol. The number of anilines is 2. The van der Waals surface area contributed by atoms with E-state index in [9.17, 15) is 22.0 Å². The van der Waals surface area contributed by atoms with Gasteiger partial charge in [-0.25, -0.2) is 17.2 Å². The van der Waals surface area contributed by atoms with Crippen molar-refractivity contribution in [2.45, 2.75) is 4.90 Å². The number of hydrogen-bond acceptors (Lipinski definition) is 5. The average Bonchev–Trinajstić information content (AvgIpc) is 3.15. The summed E-state index contributed by atoms with van der Waals surface area (Å²) in [6.45, 7) is 0.0806. The van der Waals surface area contributed by atoms with Crippen LogP contribution in [0.1, 0.15) is 10.4 Å². The van der Waals surface area contributed by atoms with E-state index in [-0.39, 0.29) is 18.0 Å². The number of carbonyl (C=O) groups excluding carboxylic acids is 1. The highest BCUT2D eigenvalue weighted by Gasteiger charge is 2.23. The first-order valence-corrected chi connectivity index (χ1v) is 10.1. The predicted octanol–water partition coefficient (Wildman–Crippen LogP) is 3.75. The molecule has 1 amide bonds. The molecule has 1 aliphatic heterocycles. The van der Waals surface area contributed by atoms with E-state index in [0.29, 0.717) is 23.3 Å². The van der Waals surface area contributed by atoms with E-state index >= 15 is 0 Å². The van der Waals surface area contributed by atoms with Crippen molar-refractivity contribution < 1.29 is 31.5 Å². The summed E-state index contributed by atoms with van der Waals surface area (Å²) in [5.41, 5.74) is 0.340. The minimum absolute atomic E-state index is 0.00117. The lowest BCUT2D eigenvalue weighted by atomic mass is 10.1. The van der Waals surface area contributed by atoms with E-state index in [1.807, 2.05) is 0 Å². The molecule has 3 aromatic rings. The van der Waals surface area contributed by atoms with Crippen LogP contribution in [0, 0.1) is 11.6 Å². The molecule has 4 rings (SSSR count). The Labute approximate surface area is 170 Å². The SMILES string of the molecule is O=C(Nc1ccc2c(c1)OCO2)c1ccccc1NS(=O)(=O)c1ccc(F)cc1F. The second kappa shape index (κ2) is 7.64. The molecule has 0 saturated heterocycles. The lowest BCUT2D eigenvalue weighted by molar-refractivity contribution is 0.102. The first-order valence-electron chi connectivity index (χ1n) is 8.61. The number of amides is 1. The van der Waals surface area contributed by atoms with Gasteiger partial charge in [0.2, 0.25) is 6.79 Å². The number of ether oxygens (including phenoxy) is 2. The fourth-order valence-corrected chi connectivity index (χ4v) is 3.98. The lowest BCUT2D eigenvalue weighted by Gasteiger charge is -2.13. The molecule has 0 spiro atoms. The summed E-state index contributed by atoms with van der Waals surface area (Å²) in [4.78, 5) is 12.0. The number of rotatable bonds is 5. The molecule has 3 aromatic carbocycles. The molecule has 154 valence electrons. The molecule has 0 unspecified atom stereocenters. The zero-order chi connectivity index (χ0) is 21.3. The smallest absolute Gasteiger partial charge is 0.264 e. The van der Waals surface area contributed by atoms with Gasteiger partial charge < -0.3 is 14.8 Å². The van der Waals surface area contributed by atoms with Crippen LogP contribution in [-0.2, 0) is 10.0 Å². The van der Waals surface area contributed by atoms with Crippen molar-refractivity contribution in [3.63, 3.8) is 0 Å². The summed E-state index contributed by atoms with van der Waals surface area (Å²) in [6, 6.07) is 12.7. The van der Waals surface area contributed by atoms with Crippen LogP contribution >= 0.6 is 0 Å². The maximum absolute atomic E-state index is 13.9. The second-order valence-electron chi connectivity index (χ2n) is 6.25. The van der Waals surface area contributed by atoms with Crippen molar-refractivity contribution in [3.05, 3.63) is 77.9 Å². The Morgan fingerprint density at radius 3 is 2.50 bits per heavy atom. The van der Waals surface area contributed by atoms with Crippen LogP contribution < -0.4 is 19.5 Å². The van der Waals surface area contributed by atoms with Crippen molar-refractivity contribution in [1.82, 2.24) is 0 Å². The zero-order valence-electron chi connectivity index (χ0n) is 15.2. The highest BCUT2D eigenvalue weighted by atomic mass is 32.2. The van der Waals surface area contributed by atoms with Gasteiger partial charge in [-0.1, -0.05) is 12.1 Å². The third-order valence-corrected chi connectivity index (χ3v) is 5.63. The lowest BCUT2D eigenvalue weighted by Crippen LogP contribution is -2.19. The Hall–Kier alpha value is -3.66. The van der Waals surface area contributed by atoms with Crippen molar-refractivity contribution in [2.24, 2.45) is 0 Å². The van der Waals surface area contributed by atoms with Crippen LogP contribution in [0.25, 0.3) is 0 Å². The van der Waals surface area contributed by atoms with E-state index in [4.69, 9.17) is 9.47 Å². The zero-order valence-corrected chi connectivity index (χ0v) is 16.0. The summed E-state index contributed by atoms with van der Waals surface area (Å²) in [5.74, 6) is -1.75. The van der Waals surface area contributed by atoms with Crippen molar-refractivity contribution in [1.29, 1.82) is 0 Å². The van der Waals surface area contributed by atoms with Gasteiger partial charge in [-0.15, -0.1) is 0 Å². The molecule has 0 aromatic heterocycles. The highest BCUT2D eigenvalue weighted by Crippen LogP contribution is 2.34. The predicted molar refractivity (Wildman–Crippen MR) is 104 cm³/mol. The van der Waals surface area contributed by atoms with E-state index in [1.54, 1.807) is 24.3 Å². The molecule has 0 aliphatic carbocycles. The molecule has 0 atom stereocenters. The Kier molecular flexibility index (Phi) is 5.00. The van der Waals surface area contributed by atoms with Crippen molar-refractivity contribution in [3.8, 4) is 11.5 Å². The normalized spacial score (nSPS) is 12.5. The standard InChI is InChI=1S/C20H14F2N2O5S/c21-12-5-8-19(15(22)9-12)30(26,27)24-16-4-2-1-3-14(16)20(25)23-13-6-7-17-18(10-13)29-11-28-17/h1-10,24H,11H2,(H,23,25). The molecule has 0 fully saturated rings. The molecule has 0 radical (unpaired) electrons. The molecular formula is C20H14F2N2O5S. The summed E-state index contributed by atoms with van der Waals surface area (Å²) in [6.07, 6.45) is 0. The van der Waals surface area contributed by atoms with E-state index in [2.05, 4.69) is 10.0 Å². The summed E-state index contributed by atoms with van der Waals surface area (Å²) < 4.78 is 64.8. The average molecular weight is 432 g/mol. The second-order valence-corrected chi connectivity index (χ2v) is 7.90. The summed E-state index contributed by atoms with van der Waals surface area (Å²) >= 11 is 0. The fourth-order valence-electron chi connectivity index (χ4n) is 2.84. The van der Waals surface area contributed by atoms with Crippen molar-refractivity contribution in [2.75, 3.05) is 16.8 Å². The molecule has 1 aliphatic rings. The van der Waals surface area contributed by atoms with Crippen LogP contribution in [0.5, 0.6) is 11.5 Å². The van der Waals surface area contributed by atoms with E-state index < -0.39 is 32.5 Å². The van der Waals surface area contributed by atoms with Gasteiger partial charge in [0.05, 0.1) is 11.3 Å². The summed E-state index contributed by atoms with van der Waals surface area (Å²) in [7, 11) is -4.41. The maximum Gasteiger partial charge on any atom is 0.264 e. The van der Waals surface area contributed by atoms with Gasteiger partial charge in [-0.2, -0.15) is 0 Å². The van der Waals surface area contributed by atoms with Gasteiger partial charge in [0.15, 0.2) is 11.5 Å². The number of carbonyl (C=O) groups is 1. The Morgan fingerprint density at radius 2 is 1.70 bits per heavy atom. The van der Waals surface area contributed by atoms with Crippen LogP contribution in [-0.4, -0.2) is 21.1 Å². The van der Waals surface area contributed by atoms with Gasteiger partial charge in [-0.05, 0) is 36.4 Å². The Balaban J connectivity index is 1.60. The maximum atomic E-state index is 13.9. The first kappa shape index (κ1) is 19.6. The molecular weight excluding hydrogens is 418 g/mol. The van der Waals surface area contributed by atoms with Crippen LogP contribution in [0.3, 0.4) is 0 Å². The molecule has 0 bridgehead atoms. The van der Waals surface area contributed by atoms with Crippen molar-refractivity contribution >= 4 is 27.3 Å². The van der Waals surface area contributed by atoms with Crippen LogP contribution in [0.2, 0.25) is 0 Å². The van der Waals surface area contributed by atoms with Gasteiger partial charge >= 0.3 is 0 Å². The van der Waals surface area contributed by atoms with Gasteiger partial charge in [-0.3, -0.25) is 9.52 Å². The Morgan fingerprint density at radius 1 is 0.933 bits per heavy atom. The van der Waals surface area contributed by atoms with E-state index in [1.165, 1.54) is 18.2 Å². The molecule has 1 heterocycles. The van der Waals surface area contributed by atoms with Crippen LogP contribution in [0.4, 0.5) is 20.2 Å². The third-order valence-electron chi connectivity index (χ3n) is 4.23.